The minimum absolute atomic E-state index is 0.000000945. The van der Waals surface area contributed by atoms with Crippen LogP contribution in [0.4, 0.5) is 5.69 Å². The molecule has 1 amide bonds. The van der Waals surface area contributed by atoms with Gasteiger partial charge in [0.1, 0.15) is 0 Å². The summed E-state index contributed by atoms with van der Waals surface area (Å²) in [5, 5.41) is 10.6. The predicted molar refractivity (Wildman–Crippen MR) is 63.2 cm³/mol. The van der Waals surface area contributed by atoms with E-state index in [1.165, 1.54) is 29.2 Å². The molecule has 1 aliphatic heterocycles. The Labute approximate surface area is 103 Å². The lowest BCUT2D eigenvalue weighted by molar-refractivity contribution is -0.384. The van der Waals surface area contributed by atoms with Crippen LogP contribution in [0.3, 0.4) is 0 Å². The molecule has 1 aliphatic rings. The van der Waals surface area contributed by atoms with Crippen LogP contribution in [0.1, 0.15) is 23.2 Å². The average Bonchev–Trinajstić information content (AvgIpc) is 2.75. The third-order valence-electron chi connectivity index (χ3n) is 2.88. The summed E-state index contributed by atoms with van der Waals surface area (Å²) in [4.78, 5) is 34.8. The number of hydrogen-bond acceptors (Lipinski definition) is 4. The lowest BCUT2D eigenvalue weighted by Crippen LogP contribution is -2.30. The fourth-order valence-corrected chi connectivity index (χ4v) is 1.93. The first-order valence-corrected chi connectivity index (χ1v) is 5.63. The molecule has 0 aliphatic carbocycles. The standard InChI is InChI=1S/C12H12N2O4/c15-11(8-13-6-2-5-12(13)16)9-3-1-4-10(7-9)14(17)18/h1,3-4,7H,2,5-6,8H2. The number of benzene rings is 1. The summed E-state index contributed by atoms with van der Waals surface area (Å²) in [7, 11) is 0. The Hall–Kier alpha value is -2.24. The van der Waals surface area contributed by atoms with Crippen LogP contribution in [-0.4, -0.2) is 34.6 Å². The molecule has 0 atom stereocenters. The number of Topliss-reactive ketones (excluding diaryl/α,β-unsaturated/α-hetero) is 1. The topological polar surface area (TPSA) is 80.5 Å². The van der Waals surface area contributed by atoms with Crippen LogP contribution < -0.4 is 0 Å². The molecule has 1 aromatic rings. The van der Waals surface area contributed by atoms with Gasteiger partial charge < -0.3 is 4.90 Å². The first-order valence-electron chi connectivity index (χ1n) is 5.63. The molecule has 6 heteroatoms. The van der Waals surface area contributed by atoms with E-state index in [1.807, 2.05) is 0 Å². The van der Waals surface area contributed by atoms with Gasteiger partial charge in [-0.15, -0.1) is 0 Å². The minimum atomic E-state index is -0.544. The Kier molecular flexibility index (Phi) is 3.36. The van der Waals surface area contributed by atoms with Crippen molar-refractivity contribution in [2.75, 3.05) is 13.1 Å². The van der Waals surface area contributed by atoms with Crippen molar-refractivity contribution < 1.29 is 14.5 Å². The number of hydrogen-bond donors (Lipinski definition) is 0. The fourth-order valence-electron chi connectivity index (χ4n) is 1.93. The number of rotatable bonds is 4. The van der Waals surface area contributed by atoms with Crippen LogP contribution in [0.5, 0.6) is 0 Å². The molecule has 0 bridgehead atoms. The molecule has 94 valence electrons. The van der Waals surface area contributed by atoms with Gasteiger partial charge in [-0.1, -0.05) is 12.1 Å². The number of carbonyl (C=O) groups excluding carboxylic acids is 2. The van der Waals surface area contributed by atoms with Crippen molar-refractivity contribution >= 4 is 17.4 Å². The van der Waals surface area contributed by atoms with Crippen molar-refractivity contribution in [1.29, 1.82) is 0 Å². The van der Waals surface area contributed by atoms with Crippen molar-refractivity contribution in [3.63, 3.8) is 0 Å². The van der Waals surface area contributed by atoms with Crippen LogP contribution in [0.2, 0.25) is 0 Å². The van der Waals surface area contributed by atoms with Crippen molar-refractivity contribution in [1.82, 2.24) is 4.90 Å². The van der Waals surface area contributed by atoms with Crippen molar-refractivity contribution in [2.45, 2.75) is 12.8 Å². The zero-order chi connectivity index (χ0) is 13.1. The van der Waals surface area contributed by atoms with Crippen LogP contribution in [0.25, 0.3) is 0 Å². The monoisotopic (exact) mass is 248 g/mol. The van der Waals surface area contributed by atoms with Gasteiger partial charge in [0.25, 0.3) is 5.69 Å². The third-order valence-corrected chi connectivity index (χ3v) is 2.88. The molecule has 6 nitrogen and oxygen atoms in total. The van der Waals surface area contributed by atoms with Crippen LogP contribution >= 0.6 is 0 Å². The van der Waals surface area contributed by atoms with E-state index in [-0.39, 0.29) is 29.5 Å². The van der Waals surface area contributed by atoms with Gasteiger partial charge in [-0.05, 0) is 6.42 Å². The zero-order valence-corrected chi connectivity index (χ0v) is 9.67. The number of nitrogens with zero attached hydrogens (tertiary/aromatic N) is 2. The molecule has 2 rings (SSSR count). The number of non-ortho nitro benzene ring substituents is 1. The van der Waals surface area contributed by atoms with E-state index in [0.29, 0.717) is 13.0 Å². The molecule has 1 aromatic carbocycles. The van der Waals surface area contributed by atoms with E-state index in [2.05, 4.69) is 0 Å². The Bertz CT molecular complexity index is 513. The van der Waals surface area contributed by atoms with Gasteiger partial charge in [-0.2, -0.15) is 0 Å². The number of nitro benzene ring substituents is 1. The normalized spacial score (nSPS) is 14.9. The molecule has 0 N–H and O–H groups in total. The lowest BCUT2D eigenvalue weighted by atomic mass is 10.1. The van der Waals surface area contributed by atoms with Gasteiger partial charge in [0.05, 0.1) is 11.5 Å². The van der Waals surface area contributed by atoms with Gasteiger partial charge in [-0.3, -0.25) is 19.7 Å². The molecule has 0 saturated carbocycles. The Balaban J connectivity index is 2.11. The Morgan fingerprint density at radius 1 is 1.44 bits per heavy atom. The van der Waals surface area contributed by atoms with Gasteiger partial charge >= 0.3 is 0 Å². The summed E-state index contributed by atoms with van der Waals surface area (Å²) >= 11 is 0. The fraction of sp³-hybridized carbons (Fsp3) is 0.333. The molecule has 0 unspecified atom stereocenters. The van der Waals surface area contributed by atoms with E-state index in [0.717, 1.165) is 6.42 Å². The van der Waals surface area contributed by atoms with Crippen molar-refractivity contribution in [3.05, 3.63) is 39.9 Å². The van der Waals surface area contributed by atoms with Crippen molar-refractivity contribution in [3.8, 4) is 0 Å². The summed E-state index contributed by atoms with van der Waals surface area (Å²) < 4.78 is 0. The number of carbonyl (C=O) groups is 2. The highest BCUT2D eigenvalue weighted by molar-refractivity contribution is 6.00. The second-order valence-corrected chi connectivity index (χ2v) is 4.15. The largest absolute Gasteiger partial charge is 0.335 e. The molecule has 0 radical (unpaired) electrons. The Morgan fingerprint density at radius 3 is 2.83 bits per heavy atom. The second kappa shape index (κ2) is 4.95. The van der Waals surface area contributed by atoms with E-state index in [1.54, 1.807) is 0 Å². The predicted octanol–water partition coefficient (Wildman–Crippen LogP) is 1.40. The molecule has 0 spiro atoms. The van der Waals surface area contributed by atoms with E-state index in [4.69, 9.17) is 0 Å². The number of likely N-dealkylation sites (tertiary alicyclic amines) is 1. The molecule has 1 heterocycles. The summed E-state index contributed by atoms with van der Waals surface area (Å²) in [6, 6.07) is 5.56. The highest BCUT2D eigenvalue weighted by atomic mass is 16.6. The first-order chi connectivity index (χ1) is 8.58. The minimum Gasteiger partial charge on any atom is -0.335 e. The second-order valence-electron chi connectivity index (χ2n) is 4.15. The number of nitro groups is 1. The molecular weight excluding hydrogens is 236 g/mol. The maximum atomic E-state index is 11.9. The molecule has 0 aromatic heterocycles. The lowest BCUT2D eigenvalue weighted by Gasteiger charge is -2.13. The molecular formula is C12H12N2O4. The Morgan fingerprint density at radius 2 is 2.22 bits per heavy atom. The van der Waals surface area contributed by atoms with E-state index >= 15 is 0 Å². The maximum absolute atomic E-state index is 11.9. The van der Waals surface area contributed by atoms with Crippen LogP contribution in [0.15, 0.2) is 24.3 Å². The highest BCUT2D eigenvalue weighted by Crippen LogP contribution is 2.15. The van der Waals surface area contributed by atoms with E-state index < -0.39 is 4.92 Å². The average molecular weight is 248 g/mol. The summed E-state index contributed by atoms with van der Waals surface area (Å²) in [5.74, 6) is -0.303. The number of amides is 1. The molecule has 1 fully saturated rings. The third kappa shape index (κ3) is 2.53. The molecule has 18 heavy (non-hydrogen) atoms. The quantitative estimate of drug-likeness (QED) is 0.458. The SMILES string of the molecule is O=C(CN1CCCC1=O)c1cccc([N+](=O)[O-])c1. The number of ketones is 1. The van der Waals surface area contributed by atoms with Gasteiger partial charge in [0.15, 0.2) is 5.78 Å². The zero-order valence-electron chi connectivity index (χ0n) is 9.67. The smallest absolute Gasteiger partial charge is 0.270 e. The summed E-state index contributed by atoms with van der Waals surface area (Å²) in [6.07, 6.45) is 1.24. The highest BCUT2D eigenvalue weighted by Gasteiger charge is 2.23. The maximum Gasteiger partial charge on any atom is 0.270 e. The molecule has 1 saturated heterocycles. The van der Waals surface area contributed by atoms with E-state index in [9.17, 15) is 19.7 Å². The summed E-state index contributed by atoms with van der Waals surface area (Å²) in [6.45, 7) is 0.583. The first kappa shape index (κ1) is 12.2. The summed E-state index contributed by atoms with van der Waals surface area (Å²) in [5.41, 5.74) is 0.150. The van der Waals surface area contributed by atoms with Crippen LogP contribution in [0, 0.1) is 10.1 Å². The van der Waals surface area contributed by atoms with Crippen LogP contribution in [-0.2, 0) is 4.79 Å². The van der Waals surface area contributed by atoms with Gasteiger partial charge in [0, 0.05) is 30.7 Å². The van der Waals surface area contributed by atoms with Gasteiger partial charge in [-0.25, -0.2) is 0 Å². The van der Waals surface area contributed by atoms with Crippen molar-refractivity contribution in [2.24, 2.45) is 0 Å². The van der Waals surface area contributed by atoms with Gasteiger partial charge in [0.2, 0.25) is 5.91 Å².